The monoisotopic (exact) mass is 381 g/mol. The summed E-state index contributed by atoms with van der Waals surface area (Å²) < 4.78 is 2.19. The van der Waals surface area contributed by atoms with Gasteiger partial charge >= 0.3 is 0 Å². The minimum absolute atomic E-state index is 0.0129. The Morgan fingerprint density at radius 2 is 1.75 bits per heavy atom. The van der Waals surface area contributed by atoms with Gasteiger partial charge < -0.3 is 14.8 Å². The molecule has 28 heavy (non-hydrogen) atoms. The first-order valence-corrected chi connectivity index (χ1v) is 10.2. The molecule has 2 aromatic rings. The van der Waals surface area contributed by atoms with Crippen molar-refractivity contribution in [3.63, 3.8) is 0 Å². The highest BCUT2D eigenvalue weighted by Crippen LogP contribution is 2.19. The molecular formula is C23H31N3O2. The maximum absolute atomic E-state index is 12.9. The maximum atomic E-state index is 12.9. The predicted octanol–water partition coefficient (Wildman–Crippen LogP) is 3.53. The fraction of sp³-hybridized carbons (Fsp3) is 0.478. The first kappa shape index (κ1) is 20.2. The van der Waals surface area contributed by atoms with E-state index in [2.05, 4.69) is 22.0 Å². The number of hydrogen-bond acceptors (Lipinski definition) is 2. The zero-order valence-corrected chi connectivity index (χ0v) is 17.4. The molecule has 0 unspecified atom stereocenters. The van der Waals surface area contributed by atoms with E-state index < -0.39 is 0 Å². The van der Waals surface area contributed by atoms with Crippen LogP contribution < -0.4 is 5.32 Å². The van der Waals surface area contributed by atoms with Crippen LogP contribution in [0, 0.1) is 19.8 Å². The van der Waals surface area contributed by atoms with Gasteiger partial charge in [0.15, 0.2) is 0 Å². The Labute approximate surface area is 167 Å². The molecule has 5 heteroatoms. The summed E-state index contributed by atoms with van der Waals surface area (Å²) in [5.41, 5.74) is 4.04. The van der Waals surface area contributed by atoms with Gasteiger partial charge in [0.1, 0.15) is 0 Å². The van der Waals surface area contributed by atoms with E-state index in [1.54, 1.807) is 0 Å². The summed E-state index contributed by atoms with van der Waals surface area (Å²) in [5.74, 6) is 0.219. The molecule has 0 bridgehead atoms. The molecule has 0 atom stereocenters. The SMILES string of the molecule is Cc1cc(C(=O)NC2CCN(C(=O)C(C)C)CC2)c(C)n1Cc1ccccc1. The van der Waals surface area contributed by atoms with Crippen LogP contribution in [0.3, 0.4) is 0 Å². The lowest BCUT2D eigenvalue weighted by Crippen LogP contribution is -2.47. The molecule has 1 aliphatic heterocycles. The quantitative estimate of drug-likeness (QED) is 0.861. The van der Waals surface area contributed by atoms with Crippen LogP contribution in [0.15, 0.2) is 36.4 Å². The molecule has 0 radical (unpaired) electrons. The number of nitrogens with one attached hydrogen (secondary N) is 1. The largest absolute Gasteiger partial charge is 0.349 e. The van der Waals surface area contributed by atoms with E-state index in [-0.39, 0.29) is 23.8 Å². The second kappa shape index (κ2) is 8.63. The lowest BCUT2D eigenvalue weighted by Gasteiger charge is -2.33. The van der Waals surface area contributed by atoms with Crippen LogP contribution in [0.25, 0.3) is 0 Å². The van der Waals surface area contributed by atoms with Crippen molar-refractivity contribution in [3.05, 3.63) is 58.9 Å². The Morgan fingerprint density at radius 1 is 1.11 bits per heavy atom. The molecule has 2 amide bonds. The Kier molecular flexibility index (Phi) is 6.22. The van der Waals surface area contributed by atoms with E-state index in [4.69, 9.17) is 0 Å². The van der Waals surface area contributed by atoms with Crippen molar-refractivity contribution in [2.75, 3.05) is 13.1 Å². The Balaban J connectivity index is 1.63. The minimum Gasteiger partial charge on any atom is -0.349 e. The molecular weight excluding hydrogens is 350 g/mol. The van der Waals surface area contributed by atoms with Crippen molar-refractivity contribution in [3.8, 4) is 0 Å². The summed E-state index contributed by atoms with van der Waals surface area (Å²) in [5, 5.41) is 3.18. The van der Waals surface area contributed by atoms with Crippen molar-refractivity contribution in [1.82, 2.24) is 14.8 Å². The van der Waals surface area contributed by atoms with Gasteiger partial charge in [0, 0.05) is 43.0 Å². The average molecular weight is 382 g/mol. The first-order valence-electron chi connectivity index (χ1n) is 10.2. The topological polar surface area (TPSA) is 54.3 Å². The second-order valence-corrected chi connectivity index (χ2v) is 8.08. The lowest BCUT2D eigenvalue weighted by atomic mass is 10.0. The zero-order valence-electron chi connectivity index (χ0n) is 17.4. The third kappa shape index (κ3) is 4.46. The van der Waals surface area contributed by atoms with Crippen molar-refractivity contribution in [1.29, 1.82) is 0 Å². The molecule has 2 heterocycles. The van der Waals surface area contributed by atoms with Crippen LogP contribution in [0.4, 0.5) is 0 Å². The number of nitrogens with zero attached hydrogens (tertiary/aromatic N) is 2. The van der Waals surface area contributed by atoms with Crippen LogP contribution in [0.5, 0.6) is 0 Å². The average Bonchev–Trinajstić information content (AvgIpc) is 2.97. The predicted molar refractivity (Wildman–Crippen MR) is 111 cm³/mol. The standard InChI is InChI=1S/C23H31N3O2/c1-16(2)23(28)25-12-10-20(11-13-25)24-22(27)21-14-17(3)26(18(21)4)15-19-8-6-5-7-9-19/h5-9,14,16,20H,10-13,15H2,1-4H3,(H,24,27). The van der Waals surface area contributed by atoms with E-state index in [0.29, 0.717) is 0 Å². The number of benzene rings is 1. The normalized spacial score (nSPS) is 15.1. The van der Waals surface area contributed by atoms with Crippen molar-refractivity contribution in [2.45, 2.75) is 53.1 Å². The minimum atomic E-state index is -0.0129. The van der Waals surface area contributed by atoms with E-state index in [1.165, 1.54) is 5.56 Å². The highest BCUT2D eigenvalue weighted by Gasteiger charge is 2.26. The molecule has 3 rings (SSSR count). The van der Waals surface area contributed by atoms with Crippen molar-refractivity contribution in [2.24, 2.45) is 5.92 Å². The number of amides is 2. The highest BCUT2D eigenvalue weighted by molar-refractivity contribution is 5.96. The summed E-state index contributed by atoms with van der Waals surface area (Å²) in [6.45, 7) is 10.1. The molecule has 1 N–H and O–H groups in total. The van der Waals surface area contributed by atoms with Gasteiger partial charge in [-0.1, -0.05) is 44.2 Å². The van der Waals surface area contributed by atoms with Crippen molar-refractivity contribution < 1.29 is 9.59 Å². The summed E-state index contributed by atoms with van der Waals surface area (Å²) in [6.07, 6.45) is 1.62. The van der Waals surface area contributed by atoms with Crippen LogP contribution in [-0.2, 0) is 11.3 Å². The Morgan fingerprint density at radius 3 is 2.36 bits per heavy atom. The van der Waals surface area contributed by atoms with Gasteiger partial charge in [0.2, 0.25) is 5.91 Å². The number of carbonyl (C=O) groups is 2. The van der Waals surface area contributed by atoms with E-state index >= 15 is 0 Å². The Bertz CT molecular complexity index is 831. The van der Waals surface area contributed by atoms with Crippen LogP contribution >= 0.6 is 0 Å². The maximum Gasteiger partial charge on any atom is 0.253 e. The lowest BCUT2D eigenvalue weighted by molar-refractivity contribution is -0.135. The van der Waals surface area contributed by atoms with Crippen LogP contribution in [0.2, 0.25) is 0 Å². The summed E-state index contributed by atoms with van der Waals surface area (Å²) >= 11 is 0. The molecule has 1 aliphatic rings. The van der Waals surface area contributed by atoms with Crippen LogP contribution in [-0.4, -0.2) is 40.4 Å². The number of likely N-dealkylation sites (tertiary alicyclic amines) is 1. The summed E-state index contributed by atoms with van der Waals surface area (Å²) in [4.78, 5) is 26.9. The third-order valence-corrected chi connectivity index (χ3v) is 5.64. The van der Waals surface area contributed by atoms with Crippen molar-refractivity contribution >= 4 is 11.8 Å². The van der Waals surface area contributed by atoms with Gasteiger partial charge in [-0.25, -0.2) is 0 Å². The number of rotatable bonds is 5. The number of piperidine rings is 1. The van der Waals surface area contributed by atoms with E-state index in [0.717, 1.165) is 49.4 Å². The van der Waals surface area contributed by atoms with Gasteiger partial charge in [-0.15, -0.1) is 0 Å². The number of aryl methyl sites for hydroxylation is 1. The van der Waals surface area contributed by atoms with Gasteiger partial charge in [0.25, 0.3) is 5.91 Å². The summed E-state index contributed by atoms with van der Waals surface area (Å²) in [7, 11) is 0. The van der Waals surface area contributed by atoms with Gasteiger partial charge in [0.05, 0.1) is 5.56 Å². The zero-order chi connectivity index (χ0) is 20.3. The fourth-order valence-electron chi connectivity index (χ4n) is 3.91. The molecule has 1 aromatic heterocycles. The molecule has 1 saturated heterocycles. The molecule has 0 aliphatic carbocycles. The number of hydrogen-bond donors (Lipinski definition) is 1. The Hall–Kier alpha value is -2.56. The van der Waals surface area contributed by atoms with Gasteiger partial charge in [-0.3, -0.25) is 9.59 Å². The van der Waals surface area contributed by atoms with Gasteiger partial charge in [-0.2, -0.15) is 0 Å². The second-order valence-electron chi connectivity index (χ2n) is 8.08. The van der Waals surface area contributed by atoms with E-state index in [1.807, 2.05) is 56.9 Å². The molecule has 150 valence electrons. The molecule has 0 saturated carbocycles. The number of carbonyl (C=O) groups excluding carboxylic acids is 2. The summed E-state index contributed by atoms with van der Waals surface area (Å²) in [6, 6.07) is 12.4. The smallest absolute Gasteiger partial charge is 0.253 e. The molecule has 5 nitrogen and oxygen atoms in total. The first-order chi connectivity index (χ1) is 13.4. The molecule has 1 fully saturated rings. The van der Waals surface area contributed by atoms with Crippen LogP contribution in [0.1, 0.15) is 54.0 Å². The van der Waals surface area contributed by atoms with E-state index in [9.17, 15) is 9.59 Å². The third-order valence-electron chi connectivity index (χ3n) is 5.64. The van der Waals surface area contributed by atoms with Gasteiger partial charge in [-0.05, 0) is 38.3 Å². The fourth-order valence-corrected chi connectivity index (χ4v) is 3.91. The number of aromatic nitrogens is 1. The molecule has 1 aromatic carbocycles. The molecule has 0 spiro atoms. The highest BCUT2D eigenvalue weighted by atomic mass is 16.2.